The summed E-state index contributed by atoms with van der Waals surface area (Å²) in [6.45, 7) is -0.277. The minimum absolute atomic E-state index is 0.0526. The first kappa shape index (κ1) is 27.8. The van der Waals surface area contributed by atoms with Gasteiger partial charge >= 0.3 is 20.2 Å². The molecule has 38 heavy (non-hydrogen) atoms. The van der Waals surface area contributed by atoms with Crippen molar-refractivity contribution < 1.29 is 35.2 Å². The van der Waals surface area contributed by atoms with Gasteiger partial charge in [0.2, 0.25) is 0 Å². The van der Waals surface area contributed by atoms with Crippen molar-refractivity contribution in [3.05, 3.63) is 89.5 Å². The summed E-state index contributed by atoms with van der Waals surface area (Å²) in [5.41, 5.74) is -0.306. The molecular formula is C24H18N4O8S2. The third-order valence-corrected chi connectivity index (χ3v) is 7.06. The number of oxime groups is 2. The topological polar surface area (TPSA) is 188 Å². The summed E-state index contributed by atoms with van der Waals surface area (Å²) in [5.74, 6) is 0.424. The third-order valence-electron chi connectivity index (χ3n) is 4.82. The molecule has 0 bridgehead atoms. The minimum atomic E-state index is -4.38. The fraction of sp³-hybridized carbons (Fsp3) is 0.0833. The van der Waals surface area contributed by atoms with Gasteiger partial charge in [-0.05, 0) is 48.0 Å². The Morgan fingerprint density at radius 2 is 1.24 bits per heavy atom. The summed E-state index contributed by atoms with van der Waals surface area (Å²) in [5, 5.41) is 34.9. The van der Waals surface area contributed by atoms with Crippen molar-refractivity contribution >= 4 is 31.7 Å². The van der Waals surface area contributed by atoms with E-state index in [4.69, 9.17) is 9.84 Å². The Morgan fingerprint density at radius 1 is 0.789 bits per heavy atom. The van der Waals surface area contributed by atoms with Gasteiger partial charge in [0.05, 0.1) is 13.7 Å². The smallest absolute Gasteiger partial charge is 0.358 e. The van der Waals surface area contributed by atoms with E-state index in [1.807, 2.05) is 0 Å². The number of hydrogen-bond donors (Lipinski definition) is 1. The maximum atomic E-state index is 12.4. The van der Waals surface area contributed by atoms with Gasteiger partial charge in [-0.2, -0.15) is 27.4 Å². The summed E-state index contributed by atoms with van der Waals surface area (Å²) in [4.78, 5) is -0.477. The average Bonchev–Trinajstić information content (AvgIpc) is 2.94. The summed E-state index contributed by atoms with van der Waals surface area (Å²) in [6, 6.07) is 19.3. The molecule has 0 aromatic heterocycles. The number of nitrogens with zero attached hydrogens (tertiary/aromatic N) is 4. The highest BCUT2D eigenvalue weighted by atomic mass is 32.2. The molecule has 0 saturated carbocycles. The number of rotatable bonds is 10. The van der Waals surface area contributed by atoms with Gasteiger partial charge in [-0.3, -0.25) is 8.57 Å². The standard InChI is InChI=1S/C24H18N4O8S2/c1-34-20-7-11-22(12-8-20)38(32,33)36-28-24(15-26)19-4-2-3-18(13-19)23(14-25)27-35-37(30,31)21-9-5-17(16-29)6-10-21/h2-13,29H,16H2,1H3. The third kappa shape index (κ3) is 6.71. The molecule has 194 valence electrons. The highest BCUT2D eigenvalue weighted by Crippen LogP contribution is 2.19. The Balaban J connectivity index is 1.84. The Morgan fingerprint density at radius 3 is 1.63 bits per heavy atom. The van der Waals surface area contributed by atoms with Gasteiger partial charge in [-0.1, -0.05) is 40.6 Å². The molecule has 1 N–H and O–H groups in total. The second-order valence-electron chi connectivity index (χ2n) is 7.22. The fourth-order valence-electron chi connectivity index (χ4n) is 2.85. The molecule has 0 atom stereocenters. The van der Waals surface area contributed by atoms with Gasteiger partial charge < -0.3 is 9.84 Å². The van der Waals surface area contributed by atoms with Crippen LogP contribution < -0.4 is 4.74 Å². The molecule has 0 unspecified atom stereocenters. The number of aliphatic hydroxyl groups excluding tert-OH is 1. The van der Waals surface area contributed by atoms with E-state index in [1.54, 1.807) is 12.1 Å². The first-order valence-corrected chi connectivity index (χ1v) is 13.2. The van der Waals surface area contributed by atoms with Crippen LogP contribution in [0.3, 0.4) is 0 Å². The lowest BCUT2D eigenvalue weighted by atomic mass is 10.0. The Labute approximate surface area is 218 Å². The largest absolute Gasteiger partial charge is 0.497 e. The predicted molar refractivity (Wildman–Crippen MR) is 133 cm³/mol. The Bertz CT molecular complexity index is 1550. The van der Waals surface area contributed by atoms with Crippen LogP contribution in [0.1, 0.15) is 16.7 Å². The highest BCUT2D eigenvalue weighted by Gasteiger charge is 2.19. The van der Waals surface area contributed by atoms with Gasteiger partial charge in [0, 0.05) is 11.1 Å². The lowest BCUT2D eigenvalue weighted by Crippen LogP contribution is -2.08. The number of methoxy groups -OCH3 is 1. The summed E-state index contributed by atoms with van der Waals surface area (Å²) < 4.78 is 63.9. The predicted octanol–water partition coefficient (Wildman–Crippen LogP) is 2.45. The van der Waals surface area contributed by atoms with Crippen molar-refractivity contribution in [3.8, 4) is 17.9 Å². The number of aliphatic hydroxyl groups is 1. The van der Waals surface area contributed by atoms with Crippen LogP contribution in [0.2, 0.25) is 0 Å². The van der Waals surface area contributed by atoms with E-state index in [2.05, 4.69) is 18.9 Å². The highest BCUT2D eigenvalue weighted by molar-refractivity contribution is 7.87. The molecule has 0 fully saturated rings. The lowest BCUT2D eigenvalue weighted by molar-refractivity contribution is 0.281. The summed E-state index contributed by atoms with van der Waals surface area (Å²) >= 11 is 0. The zero-order valence-corrected chi connectivity index (χ0v) is 21.2. The molecule has 3 aromatic rings. The molecule has 3 aromatic carbocycles. The van der Waals surface area contributed by atoms with Crippen LogP contribution in [0, 0.1) is 22.7 Å². The monoisotopic (exact) mass is 554 g/mol. The van der Waals surface area contributed by atoms with Gasteiger partial charge in [-0.15, -0.1) is 0 Å². The van der Waals surface area contributed by atoms with E-state index >= 15 is 0 Å². The molecule has 3 rings (SSSR count). The summed E-state index contributed by atoms with van der Waals surface area (Å²) in [6.07, 6.45) is 0. The van der Waals surface area contributed by atoms with Crippen LogP contribution in [-0.4, -0.2) is 40.5 Å². The van der Waals surface area contributed by atoms with E-state index in [0.717, 1.165) is 0 Å². The van der Waals surface area contributed by atoms with E-state index in [9.17, 15) is 27.4 Å². The molecule has 0 heterocycles. The number of ether oxygens (including phenoxy) is 1. The SMILES string of the molecule is COc1ccc(S(=O)(=O)ON=C(C#N)c2cccc(C(C#N)=NOS(=O)(=O)c3ccc(CO)cc3)c2)cc1. The second kappa shape index (κ2) is 12.0. The van der Waals surface area contributed by atoms with Gasteiger partial charge in [-0.25, -0.2) is 0 Å². The van der Waals surface area contributed by atoms with Crippen LogP contribution in [0.4, 0.5) is 0 Å². The zero-order chi connectivity index (χ0) is 27.8. The van der Waals surface area contributed by atoms with Gasteiger partial charge in [0.15, 0.2) is 11.4 Å². The maximum Gasteiger partial charge on any atom is 0.358 e. The van der Waals surface area contributed by atoms with Crippen LogP contribution in [-0.2, 0) is 35.4 Å². The molecule has 0 aliphatic carbocycles. The molecule has 0 spiro atoms. The van der Waals surface area contributed by atoms with Crippen LogP contribution in [0.15, 0.2) is 92.9 Å². The van der Waals surface area contributed by atoms with E-state index in [0.29, 0.717) is 11.3 Å². The van der Waals surface area contributed by atoms with Crippen molar-refractivity contribution in [1.29, 1.82) is 10.5 Å². The molecule has 0 radical (unpaired) electrons. The van der Waals surface area contributed by atoms with Crippen LogP contribution >= 0.6 is 0 Å². The normalized spacial score (nSPS) is 12.2. The molecule has 12 nitrogen and oxygen atoms in total. The Kier molecular flexibility index (Phi) is 8.77. The maximum absolute atomic E-state index is 12.4. The first-order chi connectivity index (χ1) is 18.1. The second-order valence-corrected chi connectivity index (χ2v) is 10.3. The van der Waals surface area contributed by atoms with Crippen molar-refractivity contribution in [2.45, 2.75) is 16.4 Å². The van der Waals surface area contributed by atoms with E-state index in [1.165, 1.54) is 79.9 Å². The van der Waals surface area contributed by atoms with Crippen molar-refractivity contribution in [2.75, 3.05) is 7.11 Å². The molecular weight excluding hydrogens is 536 g/mol. The molecule has 0 amide bonds. The molecule has 0 aliphatic heterocycles. The quantitative estimate of drug-likeness (QED) is 0.288. The molecule has 0 aliphatic rings. The lowest BCUT2D eigenvalue weighted by Gasteiger charge is -2.05. The van der Waals surface area contributed by atoms with Gasteiger partial charge in [0.25, 0.3) is 0 Å². The van der Waals surface area contributed by atoms with E-state index in [-0.39, 0.29) is 27.5 Å². The number of hydrogen-bond acceptors (Lipinski definition) is 12. The zero-order valence-electron chi connectivity index (χ0n) is 19.5. The number of benzene rings is 3. The Hall–Kier alpha value is -4.76. The van der Waals surface area contributed by atoms with Crippen LogP contribution in [0.5, 0.6) is 5.75 Å². The molecule has 0 saturated heterocycles. The van der Waals surface area contributed by atoms with Crippen molar-refractivity contribution in [1.82, 2.24) is 0 Å². The molecule has 14 heteroatoms. The summed E-state index contributed by atoms with van der Waals surface area (Å²) in [7, 11) is -7.31. The average molecular weight is 555 g/mol. The van der Waals surface area contributed by atoms with Crippen LogP contribution in [0.25, 0.3) is 0 Å². The number of nitriles is 2. The van der Waals surface area contributed by atoms with E-state index < -0.39 is 31.7 Å². The van der Waals surface area contributed by atoms with Gasteiger partial charge in [0.1, 0.15) is 27.7 Å². The first-order valence-electron chi connectivity index (χ1n) is 10.4. The van der Waals surface area contributed by atoms with Crippen molar-refractivity contribution in [2.24, 2.45) is 10.3 Å². The fourth-order valence-corrected chi connectivity index (χ4v) is 4.31. The minimum Gasteiger partial charge on any atom is -0.497 e. The van der Waals surface area contributed by atoms with Crippen molar-refractivity contribution in [3.63, 3.8) is 0 Å².